The van der Waals surface area contributed by atoms with Gasteiger partial charge in [-0.05, 0) is 18.9 Å². The molecule has 0 radical (unpaired) electrons. The van der Waals surface area contributed by atoms with Gasteiger partial charge in [-0.1, -0.05) is 0 Å². The molecule has 0 spiro atoms. The highest BCUT2D eigenvalue weighted by atomic mass is 16.5. The first kappa shape index (κ1) is 11.3. The molecule has 0 bridgehead atoms. The second kappa shape index (κ2) is 4.15. The smallest absolute Gasteiger partial charge is 0.148 e. The van der Waals surface area contributed by atoms with Gasteiger partial charge in [0.25, 0.3) is 0 Å². The average molecular weight is 249 g/mol. The van der Waals surface area contributed by atoms with Gasteiger partial charge in [-0.3, -0.25) is 0 Å². The Bertz CT molecular complexity index is 581. The molecule has 1 fully saturated rings. The number of nitrogens with two attached hydrogens (primary N) is 1. The van der Waals surface area contributed by atoms with Crippen LogP contribution in [0.15, 0.2) is 18.3 Å². The predicted octanol–water partition coefficient (Wildman–Crippen LogP) is 0.994. The molecule has 4 N–H and O–H groups in total. The summed E-state index contributed by atoms with van der Waals surface area (Å²) in [6.45, 7) is 0.0243. The Hall–Kier alpha value is -1.79. The summed E-state index contributed by atoms with van der Waals surface area (Å²) in [5.41, 5.74) is 6.25. The number of pyridine rings is 1. The lowest BCUT2D eigenvalue weighted by atomic mass is 10.2. The second-order valence-corrected chi connectivity index (χ2v) is 4.50. The SMILES string of the molecule is Nc1cc(O)c2ccn([C@H]3CC[C@@H](CO)O3)c2n1. The van der Waals surface area contributed by atoms with E-state index >= 15 is 0 Å². The number of nitrogens with zero attached hydrogens (tertiary/aromatic N) is 2. The molecule has 18 heavy (non-hydrogen) atoms. The maximum atomic E-state index is 9.79. The monoisotopic (exact) mass is 249 g/mol. The molecule has 2 atom stereocenters. The van der Waals surface area contributed by atoms with E-state index in [0.717, 1.165) is 12.8 Å². The average Bonchev–Trinajstić information content (AvgIpc) is 2.93. The molecule has 6 heteroatoms. The van der Waals surface area contributed by atoms with E-state index in [9.17, 15) is 5.11 Å². The highest BCUT2D eigenvalue weighted by Crippen LogP contribution is 2.33. The van der Waals surface area contributed by atoms with Crippen LogP contribution >= 0.6 is 0 Å². The van der Waals surface area contributed by atoms with Crippen molar-refractivity contribution in [3.63, 3.8) is 0 Å². The quantitative estimate of drug-likeness (QED) is 0.738. The fourth-order valence-electron chi connectivity index (χ4n) is 2.39. The fraction of sp³-hybridized carbons (Fsp3) is 0.417. The number of aliphatic hydroxyl groups is 1. The van der Waals surface area contributed by atoms with Gasteiger partial charge in [-0.15, -0.1) is 0 Å². The number of aromatic hydroxyl groups is 1. The minimum atomic E-state index is -0.159. The molecule has 3 rings (SSSR count). The Balaban J connectivity index is 2.03. The zero-order valence-electron chi connectivity index (χ0n) is 9.78. The molecule has 6 nitrogen and oxygen atoms in total. The molecule has 1 saturated heterocycles. The highest BCUT2D eigenvalue weighted by Gasteiger charge is 2.27. The molecular weight excluding hydrogens is 234 g/mol. The number of nitrogen functional groups attached to an aromatic ring is 1. The van der Waals surface area contributed by atoms with Crippen molar-refractivity contribution < 1.29 is 14.9 Å². The predicted molar refractivity (Wildman–Crippen MR) is 66.0 cm³/mol. The number of rotatable bonds is 2. The summed E-state index contributed by atoms with van der Waals surface area (Å²) in [7, 11) is 0. The Morgan fingerprint density at radius 2 is 2.33 bits per heavy atom. The number of aromatic nitrogens is 2. The first-order valence-electron chi connectivity index (χ1n) is 5.91. The normalized spacial score (nSPS) is 23.8. The van der Waals surface area contributed by atoms with E-state index in [2.05, 4.69) is 4.98 Å². The summed E-state index contributed by atoms with van der Waals surface area (Å²) < 4.78 is 7.54. The summed E-state index contributed by atoms with van der Waals surface area (Å²) in [5, 5.41) is 19.5. The summed E-state index contributed by atoms with van der Waals surface area (Å²) in [4.78, 5) is 4.23. The summed E-state index contributed by atoms with van der Waals surface area (Å²) in [6.07, 6.45) is 3.17. The van der Waals surface area contributed by atoms with E-state index in [1.54, 1.807) is 6.07 Å². The number of hydrogen-bond donors (Lipinski definition) is 3. The second-order valence-electron chi connectivity index (χ2n) is 4.50. The van der Waals surface area contributed by atoms with E-state index in [-0.39, 0.29) is 30.5 Å². The van der Waals surface area contributed by atoms with Crippen molar-refractivity contribution in [2.45, 2.75) is 25.2 Å². The third-order valence-electron chi connectivity index (χ3n) is 3.28. The van der Waals surface area contributed by atoms with Gasteiger partial charge in [0.2, 0.25) is 0 Å². The number of anilines is 1. The lowest BCUT2D eigenvalue weighted by Crippen LogP contribution is -2.14. The Morgan fingerprint density at radius 1 is 1.50 bits per heavy atom. The minimum absolute atomic E-state index is 0.0243. The fourth-order valence-corrected chi connectivity index (χ4v) is 2.39. The first-order chi connectivity index (χ1) is 8.69. The van der Waals surface area contributed by atoms with Crippen LogP contribution in [0.25, 0.3) is 11.0 Å². The zero-order valence-corrected chi connectivity index (χ0v) is 9.78. The topological polar surface area (TPSA) is 93.5 Å². The van der Waals surface area contributed by atoms with Gasteiger partial charge < -0.3 is 25.3 Å². The summed E-state index contributed by atoms with van der Waals surface area (Å²) in [5.74, 6) is 0.393. The third kappa shape index (κ3) is 1.70. The molecule has 0 aromatic carbocycles. The maximum Gasteiger partial charge on any atom is 0.148 e. The van der Waals surface area contributed by atoms with Crippen LogP contribution in [0.1, 0.15) is 19.1 Å². The van der Waals surface area contributed by atoms with Gasteiger partial charge >= 0.3 is 0 Å². The van der Waals surface area contributed by atoms with E-state index < -0.39 is 0 Å². The first-order valence-corrected chi connectivity index (χ1v) is 5.91. The van der Waals surface area contributed by atoms with Gasteiger partial charge in [0.05, 0.1) is 18.1 Å². The van der Waals surface area contributed by atoms with Gasteiger partial charge in [0.15, 0.2) is 0 Å². The molecule has 0 saturated carbocycles. The van der Waals surface area contributed by atoms with Crippen molar-refractivity contribution in [3.8, 4) is 5.75 Å². The Labute approximate surface area is 104 Å². The van der Waals surface area contributed by atoms with Crippen molar-refractivity contribution in [1.29, 1.82) is 0 Å². The van der Waals surface area contributed by atoms with Crippen molar-refractivity contribution >= 4 is 16.9 Å². The summed E-state index contributed by atoms with van der Waals surface area (Å²) in [6, 6.07) is 3.21. The van der Waals surface area contributed by atoms with Crippen LogP contribution in [0.3, 0.4) is 0 Å². The molecule has 3 heterocycles. The zero-order chi connectivity index (χ0) is 12.7. The van der Waals surface area contributed by atoms with Gasteiger partial charge in [0, 0.05) is 12.3 Å². The maximum absolute atomic E-state index is 9.79. The molecule has 1 aliphatic rings. The lowest BCUT2D eigenvalue weighted by molar-refractivity contribution is -0.0204. The van der Waals surface area contributed by atoms with Crippen molar-refractivity contribution in [3.05, 3.63) is 18.3 Å². The van der Waals surface area contributed by atoms with Crippen molar-refractivity contribution in [2.75, 3.05) is 12.3 Å². The van der Waals surface area contributed by atoms with E-state index in [1.807, 2.05) is 10.8 Å². The number of aliphatic hydroxyl groups excluding tert-OH is 1. The van der Waals surface area contributed by atoms with Crippen LogP contribution in [0.5, 0.6) is 5.75 Å². The van der Waals surface area contributed by atoms with Crippen LogP contribution in [0.4, 0.5) is 5.82 Å². The lowest BCUT2D eigenvalue weighted by Gasteiger charge is -2.14. The Kier molecular flexibility index (Phi) is 2.61. The standard InChI is InChI=1S/C12H15N3O3/c13-10-5-9(17)8-3-4-15(12(8)14-10)11-2-1-7(6-16)18-11/h3-5,7,11,16H,1-2,6H2,(H3,13,14,17)/t7-,11+/m0/s1. The van der Waals surface area contributed by atoms with Crippen molar-refractivity contribution in [2.24, 2.45) is 0 Å². The van der Waals surface area contributed by atoms with Crippen LogP contribution in [0, 0.1) is 0 Å². The van der Waals surface area contributed by atoms with Crippen LogP contribution < -0.4 is 5.73 Å². The van der Waals surface area contributed by atoms with Crippen molar-refractivity contribution in [1.82, 2.24) is 9.55 Å². The largest absolute Gasteiger partial charge is 0.507 e. The molecule has 2 aromatic rings. The highest BCUT2D eigenvalue weighted by molar-refractivity contribution is 5.84. The number of ether oxygens (including phenoxy) is 1. The minimum Gasteiger partial charge on any atom is -0.507 e. The molecule has 0 aliphatic carbocycles. The van der Waals surface area contributed by atoms with E-state index in [1.165, 1.54) is 6.07 Å². The van der Waals surface area contributed by atoms with Crippen LogP contribution in [0.2, 0.25) is 0 Å². The molecule has 0 amide bonds. The molecule has 96 valence electrons. The number of fused-ring (bicyclic) bond motifs is 1. The van der Waals surface area contributed by atoms with Crippen LogP contribution in [-0.4, -0.2) is 32.5 Å². The van der Waals surface area contributed by atoms with Gasteiger partial charge in [0.1, 0.15) is 23.4 Å². The molecule has 2 aromatic heterocycles. The van der Waals surface area contributed by atoms with Crippen LogP contribution in [-0.2, 0) is 4.74 Å². The third-order valence-corrected chi connectivity index (χ3v) is 3.28. The van der Waals surface area contributed by atoms with E-state index in [4.69, 9.17) is 15.6 Å². The summed E-state index contributed by atoms with van der Waals surface area (Å²) >= 11 is 0. The van der Waals surface area contributed by atoms with Gasteiger partial charge in [-0.25, -0.2) is 4.98 Å². The van der Waals surface area contributed by atoms with E-state index in [0.29, 0.717) is 11.0 Å². The van der Waals surface area contributed by atoms with Gasteiger partial charge in [-0.2, -0.15) is 0 Å². The number of hydrogen-bond acceptors (Lipinski definition) is 5. The molecular formula is C12H15N3O3. The Morgan fingerprint density at radius 3 is 3.06 bits per heavy atom. The molecule has 1 aliphatic heterocycles. The molecule has 0 unspecified atom stereocenters.